The zero-order chi connectivity index (χ0) is 20.3. The van der Waals surface area contributed by atoms with Gasteiger partial charge < -0.3 is 15.4 Å². The van der Waals surface area contributed by atoms with Crippen molar-refractivity contribution in [2.75, 3.05) is 19.7 Å². The molecule has 2 amide bonds. The van der Waals surface area contributed by atoms with Crippen LogP contribution in [0.25, 0.3) is 5.69 Å². The van der Waals surface area contributed by atoms with Gasteiger partial charge in [0.25, 0.3) is 5.91 Å². The summed E-state index contributed by atoms with van der Waals surface area (Å²) in [6.45, 7) is 2.67. The Bertz CT molecular complexity index is 934. The average Bonchev–Trinajstić information content (AvgIpc) is 2.69. The first-order valence-electron chi connectivity index (χ1n) is 9.02. The molecule has 0 bridgehead atoms. The fraction of sp³-hybridized carbons (Fsp3) is 0.368. The van der Waals surface area contributed by atoms with E-state index in [0.29, 0.717) is 31.6 Å². The van der Waals surface area contributed by atoms with Gasteiger partial charge in [-0.3, -0.25) is 14.4 Å². The Hall–Kier alpha value is -3.23. The van der Waals surface area contributed by atoms with Crippen LogP contribution in [0.5, 0.6) is 5.88 Å². The molecule has 0 aliphatic carbocycles. The predicted octanol–water partition coefficient (Wildman–Crippen LogP) is 1.11. The SMILES string of the molecule is CCOc1cc(=O)c(C(=O)N2CCC(C(N)=O)CC2)nn1-c1ccc(F)cc1. The number of likely N-dealkylation sites (tertiary alicyclic amines) is 1. The van der Waals surface area contributed by atoms with Crippen LogP contribution in [0.3, 0.4) is 0 Å². The lowest BCUT2D eigenvalue weighted by atomic mass is 9.96. The maximum Gasteiger partial charge on any atom is 0.278 e. The summed E-state index contributed by atoms with van der Waals surface area (Å²) in [7, 11) is 0. The lowest BCUT2D eigenvalue weighted by Crippen LogP contribution is -2.43. The molecule has 2 aromatic rings. The molecule has 1 aromatic carbocycles. The van der Waals surface area contributed by atoms with Crippen molar-refractivity contribution in [2.45, 2.75) is 19.8 Å². The molecule has 28 heavy (non-hydrogen) atoms. The van der Waals surface area contributed by atoms with E-state index in [0.717, 1.165) is 0 Å². The minimum absolute atomic E-state index is 0.156. The summed E-state index contributed by atoms with van der Waals surface area (Å²) in [4.78, 5) is 38.1. The monoisotopic (exact) mass is 388 g/mol. The van der Waals surface area contributed by atoms with E-state index < -0.39 is 17.2 Å². The molecule has 1 saturated heterocycles. The minimum Gasteiger partial charge on any atom is -0.478 e. The van der Waals surface area contributed by atoms with Crippen LogP contribution < -0.4 is 15.9 Å². The highest BCUT2D eigenvalue weighted by Crippen LogP contribution is 2.19. The maximum absolute atomic E-state index is 13.2. The van der Waals surface area contributed by atoms with E-state index in [1.54, 1.807) is 6.92 Å². The number of rotatable bonds is 5. The van der Waals surface area contributed by atoms with Crippen LogP contribution in [-0.2, 0) is 4.79 Å². The number of ether oxygens (including phenoxy) is 1. The topological polar surface area (TPSA) is 108 Å². The van der Waals surface area contributed by atoms with Crippen molar-refractivity contribution in [2.24, 2.45) is 11.7 Å². The number of piperidine rings is 1. The summed E-state index contributed by atoms with van der Waals surface area (Å²) in [6, 6.07) is 6.65. The zero-order valence-electron chi connectivity index (χ0n) is 15.4. The van der Waals surface area contributed by atoms with Crippen LogP contribution in [0.15, 0.2) is 35.1 Å². The van der Waals surface area contributed by atoms with Crippen LogP contribution >= 0.6 is 0 Å². The van der Waals surface area contributed by atoms with Crippen LogP contribution in [0.4, 0.5) is 4.39 Å². The lowest BCUT2D eigenvalue weighted by Gasteiger charge is -2.30. The van der Waals surface area contributed by atoms with Gasteiger partial charge in [-0.2, -0.15) is 5.10 Å². The number of amides is 2. The van der Waals surface area contributed by atoms with Gasteiger partial charge in [0.05, 0.1) is 18.4 Å². The second-order valence-electron chi connectivity index (χ2n) is 6.49. The third-order valence-electron chi connectivity index (χ3n) is 4.65. The summed E-state index contributed by atoms with van der Waals surface area (Å²) in [5.41, 5.74) is 4.94. The molecule has 0 spiro atoms. The first kappa shape index (κ1) is 19.5. The Morgan fingerprint density at radius 3 is 2.46 bits per heavy atom. The van der Waals surface area contributed by atoms with Gasteiger partial charge >= 0.3 is 0 Å². The van der Waals surface area contributed by atoms with Crippen LogP contribution in [0.2, 0.25) is 0 Å². The van der Waals surface area contributed by atoms with E-state index in [9.17, 15) is 18.8 Å². The highest BCUT2D eigenvalue weighted by molar-refractivity contribution is 5.92. The standard InChI is InChI=1S/C19H21FN4O4/c1-2-28-16-11-15(25)17(22-24(16)14-5-3-13(20)4-6-14)19(27)23-9-7-12(8-10-23)18(21)26/h3-6,11-12H,2,7-10H2,1H3,(H2,21,26). The van der Waals surface area contributed by atoms with Gasteiger partial charge in [0.1, 0.15) is 5.82 Å². The van der Waals surface area contributed by atoms with E-state index in [2.05, 4.69) is 5.10 Å². The van der Waals surface area contributed by atoms with E-state index in [1.807, 2.05) is 0 Å². The molecule has 1 fully saturated rings. The molecular weight excluding hydrogens is 367 g/mol. The number of halogens is 1. The number of benzene rings is 1. The van der Waals surface area contributed by atoms with E-state index in [-0.39, 0.29) is 30.0 Å². The fourth-order valence-electron chi connectivity index (χ4n) is 3.12. The molecule has 0 atom stereocenters. The molecule has 1 aromatic heterocycles. The molecule has 2 heterocycles. The number of aromatic nitrogens is 2. The van der Waals surface area contributed by atoms with Crippen molar-refractivity contribution in [1.82, 2.24) is 14.7 Å². The van der Waals surface area contributed by atoms with Crippen molar-refractivity contribution < 1.29 is 18.7 Å². The van der Waals surface area contributed by atoms with Gasteiger partial charge in [-0.25, -0.2) is 9.07 Å². The summed E-state index contributed by atoms with van der Waals surface area (Å²) in [6.07, 6.45) is 0.897. The van der Waals surface area contributed by atoms with Gasteiger partial charge in [-0.1, -0.05) is 0 Å². The van der Waals surface area contributed by atoms with Crippen molar-refractivity contribution in [3.05, 3.63) is 52.1 Å². The van der Waals surface area contributed by atoms with E-state index >= 15 is 0 Å². The van der Waals surface area contributed by atoms with Crippen LogP contribution in [0, 0.1) is 11.7 Å². The Morgan fingerprint density at radius 2 is 1.89 bits per heavy atom. The third-order valence-corrected chi connectivity index (χ3v) is 4.65. The summed E-state index contributed by atoms with van der Waals surface area (Å²) in [5, 5.41) is 4.19. The molecule has 0 unspecified atom stereocenters. The molecule has 1 aliphatic rings. The lowest BCUT2D eigenvalue weighted by molar-refractivity contribution is -0.123. The highest BCUT2D eigenvalue weighted by Gasteiger charge is 2.29. The second-order valence-corrected chi connectivity index (χ2v) is 6.49. The molecule has 1 aliphatic heterocycles. The van der Waals surface area contributed by atoms with Gasteiger partial charge in [0.2, 0.25) is 17.2 Å². The number of nitrogens with zero attached hydrogens (tertiary/aromatic N) is 3. The Balaban J connectivity index is 1.94. The molecular formula is C19H21FN4O4. The number of primary amides is 1. The molecule has 0 radical (unpaired) electrons. The van der Waals surface area contributed by atoms with Crippen molar-refractivity contribution in [3.63, 3.8) is 0 Å². The zero-order valence-corrected chi connectivity index (χ0v) is 15.4. The number of carbonyl (C=O) groups is 2. The summed E-state index contributed by atoms with van der Waals surface area (Å²) < 4.78 is 20.0. The molecule has 0 saturated carbocycles. The molecule has 9 heteroatoms. The highest BCUT2D eigenvalue weighted by atomic mass is 19.1. The number of carbonyl (C=O) groups excluding carboxylic acids is 2. The van der Waals surface area contributed by atoms with Gasteiger partial charge in [-0.15, -0.1) is 0 Å². The summed E-state index contributed by atoms with van der Waals surface area (Å²) in [5.74, 6) is -1.44. The quantitative estimate of drug-likeness (QED) is 0.826. The number of hydrogen-bond acceptors (Lipinski definition) is 5. The predicted molar refractivity (Wildman–Crippen MR) is 98.8 cm³/mol. The molecule has 3 rings (SSSR count). The average molecular weight is 388 g/mol. The van der Waals surface area contributed by atoms with Gasteiger partial charge in [-0.05, 0) is 44.0 Å². The largest absolute Gasteiger partial charge is 0.478 e. The Kier molecular flexibility index (Phi) is 5.72. The summed E-state index contributed by atoms with van der Waals surface area (Å²) >= 11 is 0. The number of nitrogens with two attached hydrogens (primary N) is 1. The second kappa shape index (κ2) is 8.20. The Morgan fingerprint density at radius 1 is 1.25 bits per heavy atom. The van der Waals surface area contributed by atoms with Gasteiger partial charge in [0, 0.05) is 19.0 Å². The van der Waals surface area contributed by atoms with Crippen molar-refractivity contribution in [3.8, 4) is 11.6 Å². The maximum atomic E-state index is 13.2. The van der Waals surface area contributed by atoms with Gasteiger partial charge in [0.15, 0.2) is 5.69 Å². The van der Waals surface area contributed by atoms with Crippen molar-refractivity contribution >= 4 is 11.8 Å². The van der Waals surface area contributed by atoms with Crippen molar-refractivity contribution in [1.29, 1.82) is 0 Å². The smallest absolute Gasteiger partial charge is 0.278 e. The first-order valence-corrected chi connectivity index (χ1v) is 9.02. The molecule has 148 valence electrons. The van der Waals surface area contributed by atoms with E-state index in [4.69, 9.17) is 10.5 Å². The third kappa shape index (κ3) is 4.03. The Labute approximate surface area is 160 Å². The van der Waals surface area contributed by atoms with E-state index in [1.165, 1.54) is 39.9 Å². The molecule has 8 nitrogen and oxygen atoms in total. The van der Waals surface area contributed by atoms with Crippen LogP contribution in [-0.4, -0.2) is 46.2 Å². The fourth-order valence-corrected chi connectivity index (χ4v) is 3.12. The number of hydrogen-bond donors (Lipinski definition) is 1. The normalized spacial score (nSPS) is 14.7. The minimum atomic E-state index is -0.566. The molecule has 2 N–H and O–H groups in total. The first-order chi connectivity index (χ1) is 13.4. The van der Waals surface area contributed by atoms with Crippen LogP contribution in [0.1, 0.15) is 30.3 Å².